The Hall–Kier alpha value is -1.19. The number of nitrogens with one attached hydrogen (secondary N) is 1. The lowest BCUT2D eigenvalue weighted by Crippen LogP contribution is -2.25. The maximum absolute atomic E-state index is 4.90. The third-order valence-corrected chi connectivity index (χ3v) is 5.03. The Bertz CT molecular complexity index is 599. The van der Waals surface area contributed by atoms with Gasteiger partial charge in [-0.25, -0.2) is 4.98 Å². The zero-order valence-corrected chi connectivity index (χ0v) is 13.9. The fraction of sp³-hybridized carbons (Fsp3) is 0.500. The summed E-state index contributed by atoms with van der Waals surface area (Å²) in [7, 11) is 0. The molecule has 1 aromatic heterocycles. The number of aromatic nitrogens is 1. The maximum Gasteiger partial charge on any atom is 0.114 e. The van der Waals surface area contributed by atoms with Crippen LogP contribution in [-0.2, 0) is 6.42 Å². The van der Waals surface area contributed by atoms with Crippen LogP contribution < -0.4 is 5.32 Å². The summed E-state index contributed by atoms with van der Waals surface area (Å²) in [5.41, 5.74) is 4.04. The van der Waals surface area contributed by atoms with Crippen LogP contribution in [0, 0.1) is 0 Å². The average molecular weight is 300 g/mol. The summed E-state index contributed by atoms with van der Waals surface area (Å²) in [5, 5.41) is 7.23. The minimum absolute atomic E-state index is 0.256. The summed E-state index contributed by atoms with van der Waals surface area (Å²) in [6.45, 7) is 6.65. The molecular weight excluding hydrogens is 276 g/mol. The van der Waals surface area contributed by atoms with Gasteiger partial charge in [0, 0.05) is 11.4 Å². The lowest BCUT2D eigenvalue weighted by molar-refractivity contribution is 0.591. The van der Waals surface area contributed by atoms with Crippen molar-refractivity contribution in [3.8, 4) is 0 Å². The molecule has 1 fully saturated rings. The Kier molecular flexibility index (Phi) is 4.41. The number of thiazole rings is 1. The smallest absolute Gasteiger partial charge is 0.114 e. The van der Waals surface area contributed by atoms with Crippen LogP contribution in [-0.4, -0.2) is 11.0 Å². The van der Waals surface area contributed by atoms with Crippen LogP contribution in [0.2, 0.25) is 0 Å². The Morgan fingerprint density at radius 2 is 2.05 bits per heavy atom. The third kappa shape index (κ3) is 3.35. The van der Waals surface area contributed by atoms with E-state index in [-0.39, 0.29) is 6.04 Å². The standard InChI is InChI=1S/C18H24N2S/c1-4-13-7-5-6-8-15(13)17(19-14-9-10-14)18-20-16(11-21-18)12(2)3/h5-8,11-12,14,17,19H,4,9-10H2,1-3H3. The number of nitrogens with zero attached hydrogens (tertiary/aromatic N) is 1. The van der Waals surface area contributed by atoms with Crippen LogP contribution in [0.15, 0.2) is 29.6 Å². The molecule has 3 heteroatoms. The van der Waals surface area contributed by atoms with Crippen LogP contribution in [0.4, 0.5) is 0 Å². The molecule has 0 bridgehead atoms. The minimum atomic E-state index is 0.256. The molecule has 1 N–H and O–H groups in total. The van der Waals surface area contributed by atoms with Gasteiger partial charge in [0.15, 0.2) is 0 Å². The highest BCUT2D eigenvalue weighted by Crippen LogP contribution is 2.33. The van der Waals surface area contributed by atoms with Gasteiger partial charge in [-0.2, -0.15) is 0 Å². The Morgan fingerprint density at radius 3 is 2.67 bits per heavy atom. The second kappa shape index (κ2) is 6.29. The van der Waals surface area contributed by atoms with Crippen molar-refractivity contribution in [3.63, 3.8) is 0 Å². The van der Waals surface area contributed by atoms with E-state index in [1.807, 2.05) is 0 Å². The molecule has 2 aromatic rings. The van der Waals surface area contributed by atoms with Crippen LogP contribution >= 0.6 is 11.3 Å². The van der Waals surface area contributed by atoms with E-state index in [1.54, 1.807) is 11.3 Å². The fourth-order valence-electron chi connectivity index (χ4n) is 2.62. The van der Waals surface area contributed by atoms with Gasteiger partial charge in [-0.15, -0.1) is 11.3 Å². The van der Waals surface area contributed by atoms with Crippen molar-refractivity contribution in [1.29, 1.82) is 0 Å². The molecule has 112 valence electrons. The monoisotopic (exact) mass is 300 g/mol. The normalized spacial score (nSPS) is 16.4. The number of hydrogen-bond donors (Lipinski definition) is 1. The molecule has 1 saturated carbocycles. The predicted molar refractivity (Wildman–Crippen MR) is 90.0 cm³/mol. The molecule has 1 heterocycles. The molecule has 2 nitrogen and oxygen atoms in total. The lowest BCUT2D eigenvalue weighted by atomic mass is 9.98. The number of hydrogen-bond acceptors (Lipinski definition) is 3. The van der Waals surface area contributed by atoms with Crippen molar-refractivity contribution in [3.05, 3.63) is 51.5 Å². The van der Waals surface area contributed by atoms with E-state index in [4.69, 9.17) is 4.98 Å². The van der Waals surface area contributed by atoms with Gasteiger partial charge < -0.3 is 5.32 Å². The number of benzene rings is 1. The van der Waals surface area contributed by atoms with Crippen molar-refractivity contribution in [2.24, 2.45) is 0 Å². The molecule has 1 atom stereocenters. The summed E-state index contributed by atoms with van der Waals surface area (Å²) in [6, 6.07) is 9.71. The first-order valence-electron chi connectivity index (χ1n) is 7.98. The van der Waals surface area contributed by atoms with Gasteiger partial charge >= 0.3 is 0 Å². The molecule has 1 aliphatic carbocycles. The number of aryl methyl sites for hydroxylation is 1. The van der Waals surface area contributed by atoms with E-state index in [0.717, 1.165) is 6.42 Å². The Balaban J connectivity index is 1.96. The second-order valence-corrected chi connectivity index (χ2v) is 7.08. The van der Waals surface area contributed by atoms with E-state index in [2.05, 4.69) is 55.7 Å². The van der Waals surface area contributed by atoms with E-state index >= 15 is 0 Å². The van der Waals surface area contributed by atoms with Gasteiger partial charge in [0.1, 0.15) is 5.01 Å². The molecule has 0 radical (unpaired) electrons. The van der Waals surface area contributed by atoms with Crippen molar-refractivity contribution >= 4 is 11.3 Å². The topological polar surface area (TPSA) is 24.9 Å². The summed E-state index contributed by atoms with van der Waals surface area (Å²) in [5.74, 6) is 0.498. The molecule has 0 amide bonds. The molecule has 0 aliphatic heterocycles. The van der Waals surface area contributed by atoms with Gasteiger partial charge in [0.05, 0.1) is 11.7 Å². The van der Waals surface area contributed by atoms with Crippen LogP contribution in [0.3, 0.4) is 0 Å². The summed E-state index contributed by atoms with van der Waals surface area (Å²) >= 11 is 1.80. The van der Waals surface area contributed by atoms with Crippen molar-refractivity contribution in [2.75, 3.05) is 0 Å². The van der Waals surface area contributed by atoms with E-state index in [9.17, 15) is 0 Å². The molecule has 0 saturated heterocycles. The van der Waals surface area contributed by atoms with Crippen LogP contribution in [0.1, 0.15) is 67.4 Å². The van der Waals surface area contributed by atoms with Gasteiger partial charge in [-0.1, -0.05) is 45.0 Å². The molecule has 1 unspecified atom stereocenters. The highest BCUT2D eigenvalue weighted by atomic mass is 32.1. The third-order valence-electron chi connectivity index (χ3n) is 4.10. The first kappa shape index (κ1) is 14.7. The SMILES string of the molecule is CCc1ccccc1C(NC1CC1)c1nc(C(C)C)cs1. The number of rotatable bonds is 6. The molecule has 1 aromatic carbocycles. The molecular formula is C18H24N2S. The predicted octanol–water partition coefficient (Wildman–Crippen LogP) is 4.67. The summed E-state index contributed by atoms with van der Waals surface area (Å²) < 4.78 is 0. The Labute approximate surface area is 131 Å². The highest BCUT2D eigenvalue weighted by molar-refractivity contribution is 7.09. The van der Waals surface area contributed by atoms with Crippen molar-refractivity contribution in [1.82, 2.24) is 10.3 Å². The minimum Gasteiger partial charge on any atom is -0.301 e. The zero-order chi connectivity index (χ0) is 14.8. The van der Waals surface area contributed by atoms with Gasteiger partial charge in [0.25, 0.3) is 0 Å². The molecule has 1 aliphatic rings. The van der Waals surface area contributed by atoms with Crippen LogP contribution in [0.25, 0.3) is 0 Å². The van der Waals surface area contributed by atoms with E-state index in [1.165, 1.54) is 34.7 Å². The second-order valence-electron chi connectivity index (χ2n) is 6.19. The zero-order valence-electron chi connectivity index (χ0n) is 13.1. The van der Waals surface area contributed by atoms with E-state index < -0.39 is 0 Å². The van der Waals surface area contributed by atoms with Gasteiger partial charge in [0.2, 0.25) is 0 Å². The quantitative estimate of drug-likeness (QED) is 0.838. The largest absolute Gasteiger partial charge is 0.301 e. The average Bonchev–Trinajstić information content (AvgIpc) is 3.18. The first-order valence-corrected chi connectivity index (χ1v) is 8.86. The van der Waals surface area contributed by atoms with Crippen molar-refractivity contribution in [2.45, 2.75) is 58.0 Å². The molecule has 0 spiro atoms. The van der Waals surface area contributed by atoms with Gasteiger partial charge in [-0.05, 0) is 36.3 Å². The molecule has 3 rings (SSSR count). The fourth-order valence-corrected chi connectivity index (χ4v) is 3.67. The van der Waals surface area contributed by atoms with Crippen LogP contribution in [0.5, 0.6) is 0 Å². The lowest BCUT2D eigenvalue weighted by Gasteiger charge is -2.20. The molecule has 21 heavy (non-hydrogen) atoms. The van der Waals surface area contributed by atoms with Crippen molar-refractivity contribution < 1.29 is 0 Å². The summed E-state index contributed by atoms with van der Waals surface area (Å²) in [6.07, 6.45) is 3.67. The Morgan fingerprint density at radius 1 is 1.29 bits per heavy atom. The van der Waals surface area contributed by atoms with Gasteiger partial charge in [-0.3, -0.25) is 0 Å². The summed E-state index contributed by atoms with van der Waals surface area (Å²) in [4.78, 5) is 4.90. The van der Waals surface area contributed by atoms with E-state index in [0.29, 0.717) is 12.0 Å². The highest BCUT2D eigenvalue weighted by Gasteiger charge is 2.29. The maximum atomic E-state index is 4.90. The first-order chi connectivity index (χ1) is 10.2.